The molecular formula is C15H15FN3O2P. The van der Waals surface area contributed by atoms with Crippen LogP contribution in [0.25, 0.3) is 0 Å². The smallest absolute Gasteiger partial charge is 0.228 e. The Bertz CT molecular complexity index is 688. The summed E-state index contributed by atoms with van der Waals surface area (Å²) >= 11 is 0. The standard InChI is InChI=1S/C15H15FN3O2P/c1-21-10-6-11(16)15(12(22)7-10)9-5-14(20)19(8-9)13-3-2-4-17-18-13/h2-4,6-7,9H,5,8,22H2,1H3/t9-/m0/s1. The van der Waals surface area contributed by atoms with Gasteiger partial charge in [0.2, 0.25) is 5.91 Å². The van der Waals surface area contributed by atoms with Crippen LogP contribution in [-0.2, 0) is 4.79 Å². The van der Waals surface area contributed by atoms with Gasteiger partial charge in [-0.3, -0.25) is 9.69 Å². The zero-order chi connectivity index (χ0) is 15.7. The molecule has 2 atom stereocenters. The van der Waals surface area contributed by atoms with Crippen LogP contribution in [0.4, 0.5) is 10.2 Å². The normalized spacial score (nSPS) is 17.9. The van der Waals surface area contributed by atoms with Gasteiger partial charge in [0.1, 0.15) is 11.6 Å². The average molecular weight is 319 g/mol. The lowest BCUT2D eigenvalue weighted by molar-refractivity contribution is -0.117. The third kappa shape index (κ3) is 2.66. The highest BCUT2D eigenvalue weighted by atomic mass is 31.0. The van der Waals surface area contributed by atoms with Gasteiger partial charge in [-0.05, 0) is 23.5 Å². The maximum atomic E-state index is 14.4. The zero-order valence-electron chi connectivity index (χ0n) is 12.0. The number of hydrogen-bond donors (Lipinski definition) is 0. The molecule has 1 aromatic heterocycles. The van der Waals surface area contributed by atoms with Crippen LogP contribution < -0.4 is 14.9 Å². The summed E-state index contributed by atoms with van der Waals surface area (Å²) in [5.74, 6) is 0.303. The summed E-state index contributed by atoms with van der Waals surface area (Å²) in [5.41, 5.74) is 0.533. The van der Waals surface area contributed by atoms with Crippen LogP contribution in [0, 0.1) is 5.82 Å². The molecule has 0 saturated carbocycles. The van der Waals surface area contributed by atoms with Crippen molar-refractivity contribution in [1.82, 2.24) is 10.2 Å². The maximum Gasteiger partial charge on any atom is 0.228 e. The van der Waals surface area contributed by atoms with Gasteiger partial charge in [0.25, 0.3) is 0 Å². The Balaban J connectivity index is 1.91. The van der Waals surface area contributed by atoms with E-state index in [9.17, 15) is 9.18 Å². The Kier molecular flexibility index (Phi) is 4.03. The van der Waals surface area contributed by atoms with Crippen molar-refractivity contribution in [1.29, 1.82) is 0 Å². The number of ether oxygens (including phenoxy) is 1. The second-order valence-corrected chi connectivity index (χ2v) is 5.72. The predicted molar refractivity (Wildman–Crippen MR) is 84.0 cm³/mol. The first-order valence-corrected chi connectivity index (χ1v) is 7.39. The molecule has 0 aliphatic carbocycles. The lowest BCUT2D eigenvalue weighted by Gasteiger charge is -2.17. The van der Waals surface area contributed by atoms with Crippen molar-refractivity contribution in [2.45, 2.75) is 12.3 Å². The minimum atomic E-state index is -0.358. The molecule has 7 heteroatoms. The third-order valence-corrected chi connectivity index (χ3v) is 4.22. The predicted octanol–water partition coefficient (Wildman–Crippen LogP) is 1.65. The number of anilines is 1. The summed E-state index contributed by atoms with van der Waals surface area (Å²) in [6.45, 7) is 0.391. The van der Waals surface area contributed by atoms with E-state index in [1.807, 2.05) is 0 Å². The van der Waals surface area contributed by atoms with Crippen molar-refractivity contribution in [3.63, 3.8) is 0 Å². The molecule has 2 heterocycles. The van der Waals surface area contributed by atoms with Crippen molar-refractivity contribution in [3.05, 3.63) is 41.8 Å². The molecule has 0 bridgehead atoms. The number of rotatable bonds is 3. The van der Waals surface area contributed by atoms with E-state index >= 15 is 0 Å². The van der Waals surface area contributed by atoms with Crippen LogP contribution in [0.2, 0.25) is 0 Å². The fourth-order valence-corrected chi connectivity index (χ4v) is 3.26. The number of benzene rings is 1. The molecule has 1 saturated heterocycles. The van der Waals surface area contributed by atoms with Crippen molar-refractivity contribution < 1.29 is 13.9 Å². The summed E-state index contributed by atoms with van der Waals surface area (Å²) in [6.07, 6.45) is 1.80. The molecule has 1 aliphatic rings. The minimum absolute atomic E-state index is 0.0786. The van der Waals surface area contributed by atoms with E-state index in [0.717, 1.165) is 0 Å². The summed E-state index contributed by atoms with van der Waals surface area (Å²) in [7, 11) is 4.01. The van der Waals surface area contributed by atoms with Gasteiger partial charge in [-0.25, -0.2) is 4.39 Å². The topological polar surface area (TPSA) is 55.3 Å². The molecule has 1 fully saturated rings. The highest BCUT2D eigenvalue weighted by molar-refractivity contribution is 7.27. The fraction of sp³-hybridized carbons (Fsp3) is 0.267. The number of hydrogen-bond acceptors (Lipinski definition) is 4. The summed E-state index contributed by atoms with van der Waals surface area (Å²) in [5, 5.41) is 8.43. The lowest BCUT2D eigenvalue weighted by atomic mass is 9.97. The molecule has 2 aromatic rings. The van der Waals surface area contributed by atoms with E-state index in [1.165, 1.54) is 13.2 Å². The largest absolute Gasteiger partial charge is 0.497 e. The Labute approximate surface area is 129 Å². The number of amides is 1. The average Bonchev–Trinajstić information content (AvgIpc) is 2.89. The Morgan fingerprint density at radius 1 is 1.45 bits per heavy atom. The minimum Gasteiger partial charge on any atom is -0.497 e. The molecule has 1 aromatic carbocycles. The highest BCUT2D eigenvalue weighted by Gasteiger charge is 2.34. The van der Waals surface area contributed by atoms with Crippen molar-refractivity contribution in [2.24, 2.45) is 0 Å². The Hall–Kier alpha value is -2.07. The second-order valence-electron chi connectivity index (χ2n) is 5.10. The van der Waals surface area contributed by atoms with E-state index in [1.54, 1.807) is 29.3 Å². The van der Waals surface area contributed by atoms with Crippen molar-refractivity contribution >= 4 is 26.3 Å². The molecule has 1 aliphatic heterocycles. The number of nitrogens with zero attached hydrogens (tertiary/aromatic N) is 3. The van der Waals surface area contributed by atoms with Gasteiger partial charge in [-0.15, -0.1) is 14.3 Å². The van der Waals surface area contributed by atoms with Gasteiger partial charge in [0.15, 0.2) is 5.82 Å². The Morgan fingerprint density at radius 3 is 2.91 bits per heavy atom. The first-order chi connectivity index (χ1) is 10.6. The van der Waals surface area contributed by atoms with Crippen LogP contribution in [-0.4, -0.2) is 29.8 Å². The number of aromatic nitrogens is 2. The first-order valence-electron chi connectivity index (χ1n) is 6.81. The van der Waals surface area contributed by atoms with Crippen LogP contribution in [0.3, 0.4) is 0 Å². The molecular weight excluding hydrogens is 304 g/mol. The number of methoxy groups -OCH3 is 1. The molecule has 22 heavy (non-hydrogen) atoms. The highest BCUT2D eigenvalue weighted by Crippen LogP contribution is 2.33. The van der Waals surface area contributed by atoms with Crippen LogP contribution in [0.5, 0.6) is 5.75 Å². The van der Waals surface area contributed by atoms with E-state index < -0.39 is 0 Å². The fourth-order valence-electron chi connectivity index (χ4n) is 2.72. The third-order valence-electron chi connectivity index (χ3n) is 3.74. The van der Waals surface area contributed by atoms with Crippen LogP contribution in [0.15, 0.2) is 30.5 Å². The van der Waals surface area contributed by atoms with Gasteiger partial charge < -0.3 is 4.74 Å². The zero-order valence-corrected chi connectivity index (χ0v) is 13.1. The van der Waals surface area contributed by atoms with Crippen molar-refractivity contribution in [3.8, 4) is 5.75 Å². The molecule has 3 rings (SSSR count). The number of carbonyl (C=O) groups excluding carboxylic acids is 1. The number of halogens is 1. The van der Waals surface area contributed by atoms with Gasteiger partial charge in [-0.1, -0.05) is 0 Å². The summed E-state index contributed by atoms with van der Waals surface area (Å²) < 4.78 is 19.4. The van der Waals surface area contributed by atoms with Gasteiger partial charge in [-0.2, -0.15) is 5.10 Å². The molecule has 1 amide bonds. The molecule has 0 spiro atoms. The molecule has 114 valence electrons. The van der Waals surface area contributed by atoms with Gasteiger partial charge in [0.05, 0.1) is 7.11 Å². The van der Waals surface area contributed by atoms with Crippen LogP contribution >= 0.6 is 9.24 Å². The molecule has 0 N–H and O–H groups in total. The van der Waals surface area contributed by atoms with Gasteiger partial charge in [0, 0.05) is 36.7 Å². The SMILES string of the molecule is COc1cc(F)c([C@H]2CC(=O)N(c3cccnn3)C2)c(P)c1. The first kappa shape index (κ1) is 14.9. The van der Waals surface area contributed by atoms with Gasteiger partial charge >= 0.3 is 0 Å². The Morgan fingerprint density at radius 2 is 2.27 bits per heavy atom. The maximum absolute atomic E-state index is 14.4. The summed E-state index contributed by atoms with van der Waals surface area (Å²) in [6, 6.07) is 6.54. The quantitative estimate of drug-likeness (QED) is 0.807. The number of carbonyl (C=O) groups is 1. The summed E-state index contributed by atoms with van der Waals surface area (Å²) in [4.78, 5) is 13.8. The monoisotopic (exact) mass is 319 g/mol. The molecule has 0 radical (unpaired) electrons. The van der Waals surface area contributed by atoms with Crippen LogP contribution in [0.1, 0.15) is 17.9 Å². The van der Waals surface area contributed by atoms with E-state index in [4.69, 9.17) is 4.74 Å². The van der Waals surface area contributed by atoms with E-state index in [-0.39, 0.29) is 24.1 Å². The molecule has 1 unspecified atom stereocenters. The second kappa shape index (κ2) is 5.97. The van der Waals surface area contributed by atoms with E-state index in [2.05, 4.69) is 19.4 Å². The molecule has 5 nitrogen and oxygen atoms in total. The van der Waals surface area contributed by atoms with Crippen molar-refractivity contribution in [2.75, 3.05) is 18.6 Å². The lowest BCUT2D eigenvalue weighted by Crippen LogP contribution is -2.26. The van der Waals surface area contributed by atoms with E-state index in [0.29, 0.717) is 29.0 Å².